The number of halogens is 3. The summed E-state index contributed by atoms with van der Waals surface area (Å²) in [5, 5.41) is 9.28. The van der Waals surface area contributed by atoms with Crippen LogP contribution in [0.15, 0.2) is 60.7 Å². The van der Waals surface area contributed by atoms with Crippen LogP contribution in [0.25, 0.3) is 33.5 Å². The second kappa shape index (κ2) is 6.45. The first kappa shape index (κ1) is 19.1. The fourth-order valence-corrected chi connectivity index (χ4v) is 5.07. The van der Waals surface area contributed by atoms with E-state index in [-0.39, 0.29) is 17.8 Å². The minimum Gasteiger partial charge on any atom is -0.481 e. The predicted molar refractivity (Wildman–Crippen MR) is 113 cm³/mol. The molecule has 0 bridgehead atoms. The highest BCUT2D eigenvalue weighted by molar-refractivity contribution is 5.81. The van der Waals surface area contributed by atoms with Crippen LogP contribution in [0.1, 0.15) is 22.6 Å². The standard InChI is InChI=1S/C25H17F3N2O2/c26-25(27,28)16-6-8-19-20(11-16)30-23(29-19)13-3-1-12(2-4-13)14-5-7-17-15(9-14)10-18-21(17)22(18)24(31)32/h1-9,11,18,21-22H,10H2,(H,29,30)(H,31,32)/t18-,21+,22+/m1/s1. The van der Waals surface area contributed by atoms with Gasteiger partial charge in [-0.05, 0) is 52.8 Å². The summed E-state index contributed by atoms with van der Waals surface area (Å²) < 4.78 is 38.9. The van der Waals surface area contributed by atoms with Crippen molar-refractivity contribution in [3.8, 4) is 22.5 Å². The molecule has 7 heteroatoms. The number of nitrogens with one attached hydrogen (secondary N) is 1. The molecule has 0 aliphatic heterocycles. The number of benzene rings is 3. The number of carboxylic acids is 1. The molecule has 3 atom stereocenters. The zero-order chi connectivity index (χ0) is 22.2. The molecule has 1 aromatic heterocycles. The fourth-order valence-electron chi connectivity index (χ4n) is 5.07. The average Bonchev–Trinajstić information content (AvgIpc) is 3.13. The van der Waals surface area contributed by atoms with Crippen molar-refractivity contribution in [2.24, 2.45) is 11.8 Å². The molecule has 6 rings (SSSR count). The number of nitrogens with zero attached hydrogens (tertiary/aromatic N) is 1. The zero-order valence-electron chi connectivity index (χ0n) is 16.6. The van der Waals surface area contributed by atoms with Crippen molar-refractivity contribution >= 4 is 17.0 Å². The molecule has 0 amide bonds. The van der Waals surface area contributed by atoms with Crippen LogP contribution in [-0.4, -0.2) is 21.0 Å². The Hall–Kier alpha value is -3.61. The van der Waals surface area contributed by atoms with Crippen LogP contribution in [0.3, 0.4) is 0 Å². The number of imidazole rings is 1. The zero-order valence-corrected chi connectivity index (χ0v) is 16.6. The van der Waals surface area contributed by atoms with E-state index in [0.717, 1.165) is 40.8 Å². The number of aromatic amines is 1. The molecule has 2 N–H and O–H groups in total. The van der Waals surface area contributed by atoms with E-state index in [1.54, 1.807) is 0 Å². The number of aliphatic carboxylic acids is 1. The maximum absolute atomic E-state index is 13.0. The number of carboxylic acid groups (broad SMARTS) is 1. The second-order valence-corrected chi connectivity index (χ2v) is 8.56. The maximum atomic E-state index is 13.0. The summed E-state index contributed by atoms with van der Waals surface area (Å²) >= 11 is 0. The third kappa shape index (κ3) is 2.92. The summed E-state index contributed by atoms with van der Waals surface area (Å²) in [5.74, 6) is -0.0373. The Labute approximate surface area is 180 Å². The Kier molecular flexibility index (Phi) is 3.85. The van der Waals surface area contributed by atoms with Crippen LogP contribution in [0.2, 0.25) is 0 Å². The fraction of sp³-hybridized carbons (Fsp3) is 0.200. The molecular formula is C25H17F3N2O2. The van der Waals surface area contributed by atoms with Crippen molar-refractivity contribution in [1.82, 2.24) is 9.97 Å². The van der Waals surface area contributed by atoms with Gasteiger partial charge in [0.2, 0.25) is 0 Å². The molecule has 2 aliphatic rings. The molecular weight excluding hydrogens is 417 g/mol. The lowest BCUT2D eigenvalue weighted by Gasteiger charge is -2.09. The van der Waals surface area contributed by atoms with E-state index >= 15 is 0 Å². The predicted octanol–water partition coefficient (Wildman–Crippen LogP) is 5.89. The maximum Gasteiger partial charge on any atom is 0.416 e. The number of carbonyl (C=O) groups is 1. The van der Waals surface area contributed by atoms with Gasteiger partial charge in [-0.15, -0.1) is 0 Å². The van der Waals surface area contributed by atoms with Crippen molar-refractivity contribution in [2.45, 2.75) is 18.5 Å². The number of alkyl halides is 3. The van der Waals surface area contributed by atoms with E-state index in [2.05, 4.69) is 16.0 Å². The largest absolute Gasteiger partial charge is 0.481 e. The third-order valence-corrected chi connectivity index (χ3v) is 6.71. The number of H-pyrrole nitrogens is 1. The average molecular weight is 434 g/mol. The third-order valence-electron chi connectivity index (χ3n) is 6.71. The van der Waals surface area contributed by atoms with Gasteiger partial charge in [-0.25, -0.2) is 4.98 Å². The minimum atomic E-state index is -4.40. The topological polar surface area (TPSA) is 66.0 Å². The first-order chi connectivity index (χ1) is 15.3. The monoisotopic (exact) mass is 434 g/mol. The van der Waals surface area contributed by atoms with Crippen molar-refractivity contribution in [3.63, 3.8) is 0 Å². The Bertz CT molecular complexity index is 1390. The number of rotatable bonds is 3. The summed E-state index contributed by atoms with van der Waals surface area (Å²) in [6, 6.07) is 17.4. The van der Waals surface area contributed by atoms with E-state index < -0.39 is 17.7 Å². The van der Waals surface area contributed by atoms with E-state index in [0.29, 0.717) is 16.9 Å². The molecule has 0 unspecified atom stereocenters. The van der Waals surface area contributed by atoms with Gasteiger partial charge in [0, 0.05) is 11.5 Å². The van der Waals surface area contributed by atoms with Gasteiger partial charge in [-0.2, -0.15) is 13.2 Å². The molecule has 0 radical (unpaired) electrons. The number of hydrogen-bond acceptors (Lipinski definition) is 2. The van der Waals surface area contributed by atoms with Crippen molar-refractivity contribution < 1.29 is 23.1 Å². The number of aromatic nitrogens is 2. The summed E-state index contributed by atoms with van der Waals surface area (Å²) in [4.78, 5) is 18.7. The Morgan fingerprint density at radius 3 is 2.41 bits per heavy atom. The molecule has 1 saturated carbocycles. The minimum absolute atomic E-state index is 0.157. The molecule has 1 heterocycles. The molecule has 32 heavy (non-hydrogen) atoms. The highest BCUT2D eigenvalue weighted by atomic mass is 19.4. The Balaban J connectivity index is 1.27. The smallest absolute Gasteiger partial charge is 0.416 e. The van der Waals surface area contributed by atoms with E-state index in [9.17, 15) is 23.1 Å². The summed E-state index contributed by atoms with van der Waals surface area (Å²) in [5.41, 5.74) is 5.35. The van der Waals surface area contributed by atoms with Crippen LogP contribution >= 0.6 is 0 Å². The normalized spacial score (nSPS) is 21.4. The Morgan fingerprint density at radius 2 is 1.69 bits per heavy atom. The van der Waals surface area contributed by atoms with E-state index in [4.69, 9.17) is 0 Å². The van der Waals surface area contributed by atoms with Crippen LogP contribution < -0.4 is 0 Å². The van der Waals surface area contributed by atoms with Gasteiger partial charge < -0.3 is 10.1 Å². The van der Waals surface area contributed by atoms with Crippen molar-refractivity contribution in [2.75, 3.05) is 0 Å². The quantitative estimate of drug-likeness (QED) is 0.423. The lowest BCUT2D eigenvalue weighted by molar-refractivity contribution is -0.139. The summed E-state index contributed by atoms with van der Waals surface area (Å²) in [6.07, 6.45) is -3.59. The SMILES string of the molecule is O=C(O)[C@H]1[C@@H]2Cc3cc(-c4ccc(-c5nc6ccc(C(F)(F)F)cc6[nH]5)cc4)ccc3[C@@H]21. The van der Waals surface area contributed by atoms with Gasteiger partial charge in [0.15, 0.2) is 0 Å². The van der Waals surface area contributed by atoms with Crippen LogP contribution in [0, 0.1) is 11.8 Å². The summed E-state index contributed by atoms with van der Waals surface area (Å²) in [6.45, 7) is 0. The molecule has 3 aromatic carbocycles. The van der Waals surface area contributed by atoms with E-state index in [1.165, 1.54) is 11.6 Å². The van der Waals surface area contributed by atoms with Crippen LogP contribution in [0.4, 0.5) is 13.2 Å². The lowest BCUT2D eigenvalue weighted by Crippen LogP contribution is -2.05. The van der Waals surface area contributed by atoms with Gasteiger partial charge in [0.25, 0.3) is 0 Å². The molecule has 160 valence electrons. The van der Waals surface area contributed by atoms with Crippen LogP contribution in [0.5, 0.6) is 0 Å². The first-order valence-corrected chi connectivity index (χ1v) is 10.3. The van der Waals surface area contributed by atoms with Crippen molar-refractivity contribution in [1.29, 1.82) is 0 Å². The van der Waals surface area contributed by atoms with Gasteiger partial charge in [0.05, 0.1) is 22.5 Å². The molecule has 4 aromatic rings. The van der Waals surface area contributed by atoms with Crippen LogP contribution in [-0.2, 0) is 17.4 Å². The highest BCUT2D eigenvalue weighted by Gasteiger charge is 2.59. The molecule has 2 aliphatic carbocycles. The second-order valence-electron chi connectivity index (χ2n) is 8.56. The van der Waals surface area contributed by atoms with Gasteiger partial charge in [-0.1, -0.05) is 42.5 Å². The highest BCUT2D eigenvalue weighted by Crippen LogP contribution is 2.61. The molecule has 0 saturated heterocycles. The first-order valence-electron chi connectivity index (χ1n) is 10.3. The molecule has 4 nitrogen and oxygen atoms in total. The number of fused-ring (bicyclic) bond motifs is 4. The number of hydrogen-bond donors (Lipinski definition) is 2. The molecule has 1 fully saturated rings. The van der Waals surface area contributed by atoms with Gasteiger partial charge in [0.1, 0.15) is 5.82 Å². The Morgan fingerprint density at radius 1 is 0.969 bits per heavy atom. The van der Waals surface area contributed by atoms with Gasteiger partial charge >= 0.3 is 12.1 Å². The summed E-state index contributed by atoms with van der Waals surface area (Å²) in [7, 11) is 0. The molecule has 0 spiro atoms. The van der Waals surface area contributed by atoms with Crippen molar-refractivity contribution in [3.05, 3.63) is 77.4 Å². The lowest BCUT2D eigenvalue weighted by atomic mass is 9.96. The van der Waals surface area contributed by atoms with E-state index in [1.807, 2.05) is 36.4 Å². The van der Waals surface area contributed by atoms with Gasteiger partial charge in [-0.3, -0.25) is 4.79 Å².